The van der Waals surface area contributed by atoms with Gasteiger partial charge in [0.15, 0.2) is 0 Å². The van der Waals surface area contributed by atoms with Gasteiger partial charge in [-0.05, 0) is 30.4 Å². The van der Waals surface area contributed by atoms with Gasteiger partial charge in [-0.2, -0.15) is 0 Å². The molecule has 0 radical (unpaired) electrons. The molecule has 0 amide bonds. The van der Waals surface area contributed by atoms with Crippen molar-refractivity contribution in [2.45, 2.75) is 141 Å². The smallest absolute Gasteiger partial charge is 0.112 e. The van der Waals surface area contributed by atoms with E-state index >= 15 is 0 Å². The van der Waals surface area contributed by atoms with Crippen LogP contribution in [-0.2, 0) is 18.4 Å². The zero-order chi connectivity index (χ0) is 27.6. The van der Waals surface area contributed by atoms with Crippen molar-refractivity contribution >= 4 is 0 Å². The average molecular weight is 529 g/mol. The van der Waals surface area contributed by atoms with Gasteiger partial charge < -0.3 is 4.57 Å². The van der Waals surface area contributed by atoms with Crippen molar-refractivity contribution in [2.75, 3.05) is 0 Å². The molecule has 0 N–H and O–H groups in total. The summed E-state index contributed by atoms with van der Waals surface area (Å²) in [6, 6.07) is 22.4. The monoisotopic (exact) mass is 528 g/mol. The van der Waals surface area contributed by atoms with Crippen LogP contribution < -0.4 is 0 Å². The third-order valence-corrected chi connectivity index (χ3v) is 8.77. The summed E-state index contributed by atoms with van der Waals surface area (Å²) in [7, 11) is 0. The SMILES string of the molecule is CCCCCCCCCCC(c1nccn1CCCCCCCC)C(C)(Cc1ccccc1)c1ccccc1. The molecule has 3 aromatic rings. The Morgan fingerprint density at radius 3 is 1.82 bits per heavy atom. The first kappa shape index (κ1) is 31.2. The molecule has 39 heavy (non-hydrogen) atoms. The second-order valence-corrected chi connectivity index (χ2v) is 12.0. The van der Waals surface area contributed by atoms with Gasteiger partial charge in [-0.3, -0.25) is 0 Å². The second-order valence-electron chi connectivity index (χ2n) is 12.0. The van der Waals surface area contributed by atoms with Crippen LogP contribution in [0.2, 0.25) is 0 Å². The van der Waals surface area contributed by atoms with E-state index in [1.54, 1.807) is 0 Å². The summed E-state index contributed by atoms with van der Waals surface area (Å²) in [5.41, 5.74) is 2.83. The molecule has 2 nitrogen and oxygen atoms in total. The van der Waals surface area contributed by atoms with E-state index in [9.17, 15) is 0 Å². The van der Waals surface area contributed by atoms with Gasteiger partial charge in [0.2, 0.25) is 0 Å². The third kappa shape index (κ3) is 10.3. The summed E-state index contributed by atoms with van der Waals surface area (Å²) in [4.78, 5) is 5.09. The summed E-state index contributed by atoms with van der Waals surface area (Å²) in [5.74, 6) is 1.68. The number of imidazole rings is 1. The van der Waals surface area contributed by atoms with Crippen molar-refractivity contribution in [3.8, 4) is 0 Å². The Morgan fingerprint density at radius 1 is 0.667 bits per heavy atom. The van der Waals surface area contributed by atoms with E-state index in [0.29, 0.717) is 5.92 Å². The first-order valence-corrected chi connectivity index (χ1v) is 16.3. The van der Waals surface area contributed by atoms with Crippen LogP contribution >= 0.6 is 0 Å². The van der Waals surface area contributed by atoms with Crippen molar-refractivity contribution in [1.82, 2.24) is 9.55 Å². The lowest BCUT2D eigenvalue weighted by atomic mass is 9.66. The highest BCUT2D eigenvalue weighted by Crippen LogP contribution is 2.44. The van der Waals surface area contributed by atoms with Crippen LogP contribution in [0.4, 0.5) is 0 Å². The summed E-state index contributed by atoms with van der Waals surface area (Å²) in [5, 5.41) is 0. The fourth-order valence-electron chi connectivity index (χ4n) is 6.36. The first-order valence-electron chi connectivity index (χ1n) is 16.3. The molecule has 2 unspecified atom stereocenters. The predicted octanol–water partition coefficient (Wildman–Crippen LogP) is 11.1. The maximum absolute atomic E-state index is 5.09. The topological polar surface area (TPSA) is 17.8 Å². The lowest BCUT2D eigenvalue weighted by molar-refractivity contribution is 0.321. The van der Waals surface area contributed by atoms with Crippen LogP contribution in [0.15, 0.2) is 73.1 Å². The number of aryl methyl sites for hydroxylation is 1. The van der Waals surface area contributed by atoms with Crippen LogP contribution in [0.25, 0.3) is 0 Å². The van der Waals surface area contributed by atoms with Crippen molar-refractivity contribution in [3.05, 3.63) is 90.0 Å². The van der Waals surface area contributed by atoms with E-state index < -0.39 is 0 Å². The molecule has 2 aromatic carbocycles. The maximum Gasteiger partial charge on any atom is 0.112 e. The fraction of sp³-hybridized carbons (Fsp3) is 0.595. The minimum Gasteiger partial charge on any atom is -0.335 e. The Hall–Kier alpha value is -2.35. The Labute approximate surface area is 240 Å². The van der Waals surface area contributed by atoms with Crippen molar-refractivity contribution in [2.24, 2.45) is 0 Å². The largest absolute Gasteiger partial charge is 0.335 e. The molecule has 0 aliphatic rings. The Kier molecular flexibility index (Phi) is 14.5. The van der Waals surface area contributed by atoms with E-state index in [0.717, 1.165) is 13.0 Å². The van der Waals surface area contributed by atoms with Crippen LogP contribution in [0, 0.1) is 0 Å². The first-order chi connectivity index (χ1) is 19.2. The average Bonchev–Trinajstić information content (AvgIpc) is 3.43. The van der Waals surface area contributed by atoms with Crippen molar-refractivity contribution in [1.29, 1.82) is 0 Å². The van der Waals surface area contributed by atoms with Gasteiger partial charge >= 0.3 is 0 Å². The Balaban J connectivity index is 1.81. The minimum atomic E-state index is -0.0199. The van der Waals surface area contributed by atoms with Gasteiger partial charge in [0.1, 0.15) is 5.82 Å². The molecule has 0 aliphatic carbocycles. The van der Waals surface area contributed by atoms with E-state index in [1.807, 2.05) is 0 Å². The fourth-order valence-corrected chi connectivity index (χ4v) is 6.36. The molecule has 0 bridgehead atoms. The summed E-state index contributed by atoms with van der Waals surface area (Å²) < 4.78 is 2.50. The summed E-state index contributed by atoms with van der Waals surface area (Å²) in [6.45, 7) is 8.19. The highest BCUT2D eigenvalue weighted by molar-refractivity contribution is 5.33. The number of aromatic nitrogens is 2. The molecule has 0 saturated heterocycles. The van der Waals surface area contributed by atoms with Crippen LogP contribution in [0.1, 0.15) is 140 Å². The van der Waals surface area contributed by atoms with E-state index in [-0.39, 0.29) is 5.41 Å². The summed E-state index contributed by atoms with van der Waals surface area (Å²) in [6.07, 6.45) is 25.4. The van der Waals surface area contributed by atoms with Crippen molar-refractivity contribution in [3.63, 3.8) is 0 Å². The minimum absolute atomic E-state index is 0.0199. The Morgan fingerprint density at radius 2 is 1.21 bits per heavy atom. The molecular formula is C37H56N2. The maximum atomic E-state index is 5.09. The van der Waals surface area contributed by atoms with Gasteiger partial charge in [0, 0.05) is 30.3 Å². The number of hydrogen-bond donors (Lipinski definition) is 0. The van der Waals surface area contributed by atoms with E-state index in [4.69, 9.17) is 4.98 Å². The Bertz CT molecular complexity index is 993. The predicted molar refractivity (Wildman–Crippen MR) is 170 cm³/mol. The van der Waals surface area contributed by atoms with Gasteiger partial charge in [-0.25, -0.2) is 4.98 Å². The molecular weight excluding hydrogens is 472 g/mol. The quantitative estimate of drug-likeness (QED) is 0.126. The second kappa shape index (κ2) is 18.1. The normalized spacial score (nSPS) is 13.8. The van der Waals surface area contributed by atoms with Crippen LogP contribution in [-0.4, -0.2) is 9.55 Å². The zero-order valence-electron chi connectivity index (χ0n) is 25.4. The molecule has 0 fully saturated rings. The third-order valence-electron chi connectivity index (χ3n) is 8.77. The highest BCUT2D eigenvalue weighted by atomic mass is 15.1. The molecule has 0 aliphatic heterocycles. The molecule has 3 rings (SSSR count). The lowest BCUT2D eigenvalue weighted by Gasteiger charge is -2.39. The number of rotatable bonds is 21. The van der Waals surface area contributed by atoms with Gasteiger partial charge in [-0.15, -0.1) is 0 Å². The summed E-state index contributed by atoms with van der Waals surface area (Å²) >= 11 is 0. The molecule has 1 aromatic heterocycles. The highest BCUT2D eigenvalue weighted by Gasteiger charge is 2.39. The van der Waals surface area contributed by atoms with Crippen LogP contribution in [0.3, 0.4) is 0 Å². The molecule has 1 heterocycles. The van der Waals surface area contributed by atoms with Crippen LogP contribution in [0.5, 0.6) is 0 Å². The van der Waals surface area contributed by atoms with Gasteiger partial charge in [0.05, 0.1) is 0 Å². The van der Waals surface area contributed by atoms with E-state index in [1.165, 1.54) is 113 Å². The molecule has 214 valence electrons. The number of unbranched alkanes of at least 4 members (excludes halogenated alkanes) is 12. The van der Waals surface area contributed by atoms with Gasteiger partial charge in [0.25, 0.3) is 0 Å². The zero-order valence-corrected chi connectivity index (χ0v) is 25.4. The molecule has 0 spiro atoms. The molecule has 0 saturated carbocycles. The number of benzene rings is 2. The standard InChI is InChI=1S/C37H56N2/c1-4-6-8-10-12-13-14-22-28-35(36-38-29-31-39(36)30-23-15-11-9-7-5-2)37(3,34-26-20-17-21-27-34)32-33-24-18-16-19-25-33/h16-21,24-27,29,31,35H,4-15,22-23,28,30,32H2,1-3H3. The molecule has 2 heteroatoms. The number of nitrogens with zero attached hydrogens (tertiary/aromatic N) is 2. The lowest BCUT2D eigenvalue weighted by Crippen LogP contribution is -2.35. The van der Waals surface area contributed by atoms with E-state index in [2.05, 4.69) is 98.4 Å². The van der Waals surface area contributed by atoms with Gasteiger partial charge in [-0.1, -0.05) is 165 Å². The van der Waals surface area contributed by atoms with Crippen molar-refractivity contribution < 1.29 is 0 Å². The number of hydrogen-bond acceptors (Lipinski definition) is 1. The molecule has 2 atom stereocenters.